The zero-order valence-corrected chi connectivity index (χ0v) is 14.8. The fraction of sp³-hybridized carbons (Fsp3) is 0.278. The molecule has 0 saturated carbocycles. The number of benzene rings is 1. The summed E-state index contributed by atoms with van der Waals surface area (Å²) in [5.41, 5.74) is 1.12. The average Bonchev–Trinajstić information content (AvgIpc) is 2.68. The van der Waals surface area contributed by atoms with Gasteiger partial charge in [-0.05, 0) is 37.1 Å². The molecule has 0 radical (unpaired) electrons. The highest BCUT2D eigenvalue weighted by molar-refractivity contribution is 7.90. The molecule has 1 fully saturated rings. The van der Waals surface area contributed by atoms with Crippen LogP contribution < -0.4 is 5.32 Å². The summed E-state index contributed by atoms with van der Waals surface area (Å²) < 4.78 is 28.9. The van der Waals surface area contributed by atoms with Crippen LogP contribution in [0.15, 0.2) is 58.1 Å². The van der Waals surface area contributed by atoms with Gasteiger partial charge in [0.2, 0.25) is 0 Å². The second-order valence-electron chi connectivity index (χ2n) is 6.40. The summed E-state index contributed by atoms with van der Waals surface area (Å²) in [6.07, 6.45) is 4.75. The standard InChI is InChI=1S/C18H18N4O3S/c23-18(13-7-9-19-10-8-13)22-11-3-4-14(12-22)17-20-15-5-1-2-6-16(15)26(24,25)21-17/h1-2,5-10,14H,3-4,11-12H2,(H,20,21)/t14-/m1/s1. The molecule has 1 aromatic carbocycles. The molecule has 3 heterocycles. The first-order chi connectivity index (χ1) is 12.5. The van der Waals surface area contributed by atoms with Crippen LogP contribution in [0.4, 0.5) is 5.69 Å². The molecule has 0 aliphatic carbocycles. The average molecular weight is 370 g/mol. The van der Waals surface area contributed by atoms with Crippen LogP contribution in [-0.2, 0) is 10.0 Å². The van der Waals surface area contributed by atoms with Gasteiger partial charge in [0, 0.05) is 37.0 Å². The minimum atomic E-state index is -3.72. The van der Waals surface area contributed by atoms with Gasteiger partial charge >= 0.3 is 0 Å². The van der Waals surface area contributed by atoms with Gasteiger partial charge in [0.1, 0.15) is 10.7 Å². The number of nitrogens with zero attached hydrogens (tertiary/aromatic N) is 3. The van der Waals surface area contributed by atoms with Gasteiger partial charge in [-0.25, -0.2) is 0 Å². The lowest BCUT2D eigenvalue weighted by Crippen LogP contribution is -2.44. The molecular formula is C18H18N4O3S. The number of likely N-dealkylation sites (tertiary alicyclic amines) is 1. The summed E-state index contributed by atoms with van der Waals surface area (Å²) in [5.74, 6) is 0.199. The third kappa shape index (κ3) is 3.08. The predicted molar refractivity (Wildman–Crippen MR) is 97.6 cm³/mol. The van der Waals surface area contributed by atoms with Crippen molar-refractivity contribution in [3.05, 3.63) is 54.4 Å². The highest BCUT2D eigenvalue weighted by Crippen LogP contribution is 2.30. The lowest BCUT2D eigenvalue weighted by molar-refractivity contribution is 0.0703. The number of amides is 1. The van der Waals surface area contributed by atoms with Crippen molar-refractivity contribution in [3.8, 4) is 0 Å². The molecule has 8 heteroatoms. The van der Waals surface area contributed by atoms with E-state index in [0.29, 0.717) is 30.2 Å². The number of rotatable bonds is 2. The van der Waals surface area contributed by atoms with E-state index in [9.17, 15) is 13.2 Å². The first kappa shape index (κ1) is 16.7. The largest absolute Gasteiger partial charge is 0.342 e. The van der Waals surface area contributed by atoms with Crippen molar-refractivity contribution in [2.24, 2.45) is 10.3 Å². The molecule has 2 aromatic rings. The lowest BCUT2D eigenvalue weighted by atomic mass is 9.96. The van der Waals surface area contributed by atoms with Gasteiger partial charge in [0.25, 0.3) is 15.9 Å². The van der Waals surface area contributed by atoms with Gasteiger partial charge in [-0.15, -0.1) is 4.40 Å². The number of carbonyl (C=O) groups excluding carboxylic acids is 1. The number of amidine groups is 1. The molecule has 0 spiro atoms. The Morgan fingerprint density at radius 2 is 1.92 bits per heavy atom. The Bertz CT molecular complexity index is 973. The van der Waals surface area contributed by atoms with Crippen LogP contribution in [-0.4, -0.2) is 43.1 Å². The second-order valence-corrected chi connectivity index (χ2v) is 7.97. The van der Waals surface area contributed by atoms with Crippen LogP contribution in [0.3, 0.4) is 0 Å². The van der Waals surface area contributed by atoms with Crippen molar-refractivity contribution >= 4 is 27.5 Å². The van der Waals surface area contributed by atoms with Crippen molar-refractivity contribution in [2.75, 3.05) is 18.4 Å². The number of hydrogen-bond donors (Lipinski definition) is 1. The van der Waals surface area contributed by atoms with E-state index in [-0.39, 0.29) is 16.7 Å². The molecule has 7 nitrogen and oxygen atoms in total. The van der Waals surface area contributed by atoms with Gasteiger partial charge in [0.05, 0.1) is 5.69 Å². The fourth-order valence-corrected chi connectivity index (χ4v) is 4.57. The molecule has 1 N–H and O–H groups in total. The number of nitrogens with one attached hydrogen (secondary N) is 1. The minimum absolute atomic E-state index is 0.0724. The summed E-state index contributed by atoms with van der Waals surface area (Å²) in [4.78, 5) is 18.5. The monoisotopic (exact) mass is 370 g/mol. The van der Waals surface area contributed by atoms with Crippen molar-refractivity contribution in [1.82, 2.24) is 9.88 Å². The minimum Gasteiger partial charge on any atom is -0.342 e. The zero-order valence-electron chi connectivity index (χ0n) is 14.0. The molecule has 0 unspecified atom stereocenters. The second kappa shape index (κ2) is 6.53. The number of pyridine rings is 1. The highest BCUT2D eigenvalue weighted by atomic mass is 32.2. The van der Waals surface area contributed by atoms with Crippen molar-refractivity contribution < 1.29 is 13.2 Å². The molecule has 2 aliphatic rings. The molecule has 1 atom stereocenters. The Morgan fingerprint density at radius 1 is 1.15 bits per heavy atom. The Hall–Kier alpha value is -2.74. The van der Waals surface area contributed by atoms with Crippen molar-refractivity contribution in [3.63, 3.8) is 0 Å². The van der Waals surface area contributed by atoms with Crippen LogP contribution >= 0.6 is 0 Å². The number of aromatic nitrogens is 1. The number of para-hydroxylation sites is 1. The first-order valence-electron chi connectivity index (χ1n) is 8.45. The van der Waals surface area contributed by atoms with Crippen molar-refractivity contribution in [1.29, 1.82) is 0 Å². The fourth-order valence-electron chi connectivity index (χ4n) is 3.37. The number of hydrogen-bond acceptors (Lipinski definition) is 5. The van der Waals surface area contributed by atoms with E-state index in [1.807, 2.05) is 0 Å². The maximum Gasteiger partial charge on any atom is 0.286 e. The zero-order chi connectivity index (χ0) is 18.1. The third-order valence-corrected chi connectivity index (χ3v) is 6.02. The van der Waals surface area contributed by atoms with Gasteiger partial charge in [-0.1, -0.05) is 12.1 Å². The number of piperidine rings is 1. The van der Waals surface area contributed by atoms with E-state index in [0.717, 1.165) is 12.8 Å². The lowest BCUT2D eigenvalue weighted by Gasteiger charge is -2.34. The van der Waals surface area contributed by atoms with Crippen LogP contribution in [0.5, 0.6) is 0 Å². The van der Waals surface area contributed by atoms with Gasteiger partial charge in [-0.2, -0.15) is 8.42 Å². The van der Waals surface area contributed by atoms with E-state index in [4.69, 9.17) is 0 Å². The molecule has 2 aliphatic heterocycles. The molecule has 26 heavy (non-hydrogen) atoms. The summed E-state index contributed by atoms with van der Waals surface area (Å²) in [7, 11) is -3.72. The summed E-state index contributed by atoms with van der Waals surface area (Å²) >= 11 is 0. The number of sulfonamides is 1. The number of fused-ring (bicyclic) bond motifs is 1. The molecule has 4 rings (SSSR count). The smallest absolute Gasteiger partial charge is 0.286 e. The topological polar surface area (TPSA) is 91.7 Å². The highest BCUT2D eigenvalue weighted by Gasteiger charge is 2.32. The summed E-state index contributed by atoms with van der Waals surface area (Å²) in [6.45, 7) is 1.08. The molecule has 1 aromatic heterocycles. The van der Waals surface area contributed by atoms with Crippen LogP contribution in [0, 0.1) is 5.92 Å². The molecule has 0 bridgehead atoms. The van der Waals surface area contributed by atoms with E-state index in [1.54, 1.807) is 47.6 Å². The van der Waals surface area contributed by atoms with Crippen molar-refractivity contribution in [2.45, 2.75) is 17.7 Å². The molecule has 1 saturated heterocycles. The Kier molecular flexibility index (Phi) is 4.20. The molecular weight excluding hydrogens is 352 g/mol. The number of carbonyl (C=O) groups is 1. The Balaban J connectivity index is 1.57. The van der Waals surface area contributed by atoms with Crippen LogP contribution in [0.2, 0.25) is 0 Å². The van der Waals surface area contributed by atoms with E-state index in [2.05, 4.69) is 14.7 Å². The third-order valence-electron chi connectivity index (χ3n) is 4.67. The maximum atomic E-state index is 12.7. The predicted octanol–water partition coefficient (Wildman–Crippen LogP) is 2.15. The maximum absolute atomic E-state index is 12.7. The van der Waals surface area contributed by atoms with Crippen LogP contribution in [0.1, 0.15) is 23.2 Å². The van der Waals surface area contributed by atoms with Gasteiger partial charge in [0.15, 0.2) is 0 Å². The molecule has 1 amide bonds. The molecule has 134 valence electrons. The van der Waals surface area contributed by atoms with Gasteiger partial charge in [-0.3, -0.25) is 9.78 Å². The normalized spacial score (nSPS) is 21.3. The Labute approximate surface area is 151 Å². The van der Waals surface area contributed by atoms with Gasteiger partial charge < -0.3 is 10.2 Å². The summed E-state index contributed by atoms with van der Waals surface area (Å²) in [6, 6.07) is 10.1. The number of anilines is 1. The first-order valence-corrected chi connectivity index (χ1v) is 9.89. The van der Waals surface area contributed by atoms with Crippen LogP contribution in [0.25, 0.3) is 0 Å². The summed E-state index contributed by atoms with van der Waals surface area (Å²) in [5, 5.41) is 3.14. The van der Waals surface area contributed by atoms with E-state index in [1.165, 1.54) is 6.07 Å². The quantitative estimate of drug-likeness (QED) is 0.874. The SMILES string of the molecule is O=C(c1ccncc1)N1CCC[C@@H](C2=NS(=O)(=O)c3ccccc3N2)C1. The van der Waals surface area contributed by atoms with E-state index < -0.39 is 10.0 Å². The Morgan fingerprint density at radius 3 is 2.73 bits per heavy atom. The van der Waals surface area contributed by atoms with E-state index >= 15 is 0 Å².